The van der Waals surface area contributed by atoms with Gasteiger partial charge in [-0.2, -0.15) is 0 Å². The molecule has 19 heavy (non-hydrogen) atoms. The van der Waals surface area contributed by atoms with Gasteiger partial charge in [-0.1, -0.05) is 6.92 Å². The summed E-state index contributed by atoms with van der Waals surface area (Å²) in [7, 11) is 0. The molecule has 1 aliphatic rings. The Balaban J connectivity index is 2.34. The molecular weight excluding hydrogens is 246 g/mol. The highest BCUT2D eigenvalue weighted by atomic mass is 16.5. The molecule has 0 saturated heterocycles. The number of nitrogens with one attached hydrogen (secondary N) is 1. The molecule has 0 spiro atoms. The van der Waals surface area contributed by atoms with E-state index in [1.54, 1.807) is 6.92 Å². The number of aliphatic hydroxyl groups excluding tert-OH is 2. The second-order valence-electron chi connectivity index (χ2n) is 5.66. The summed E-state index contributed by atoms with van der Waals surface area (Å²) in [6, 6.07) is 0. The van der Waals surface area contributed by atoms with Crippen molar-refractivity contribution in [3.8, 4) is 0 Å². The average molecular weight is 273 g/mol. The average Bonchev–Trinajstić information content (AvgIpc) is 2.39. The predicted octanol–water partition coefficient (Wildman–Crippen LogP) is 0.831. The van der Waals surface area contributed by atoms with E-state index in [4.69, 9.17) is 4.74 Å². The van der Waals surface area contributed by atoms with Crippen molar-refractivity contribution in [2.24, 2.45) is 5.92 Å². The zero-order valence-electron chi connectivity index (χ0n) is 12.0. The fraction of sp³-hybridized carbons (Fsp3) is 0.929. The Morgan fingerprint density at radius 1 is 1.47 bits per heavy atom. The molecule has 112 valence electrons. The maximum Gasteiger partial charge on any atom is 0.308 e. The number of rotatable bonds is 7. The molecule has 0 amide bonds. The number of esters is 1. The molecule has 0 aromatic heterocycles. The number of carbonyl (C=O) groups excluding carboxylic acids is 1. The van der Waals surface area contributed by atoms with E-state index in [1.807, 2.05) is 0 Å². The van der Waals surface area contributed by atoms with Gasteiger partial charge in [0.1, 0.15) is 0 Å². The van der Waals surface area contributed by atoms with E-state index in [2.05, 4.69) is 12.2 Å². The van der Waals surface area contributed by atoms with Crippen LogP contribution in [0.4, 0.5) is 0 Å². The molecule has 0 radical (unpaired) electrons. The predicted molar refractivity (Wildman–Crippen MR) is 72.7 cm³/mol. The van der Waals surface area contributed by atoms with E-state index in [0.717, 1.165) is 25.7 Å². The van der Waals surface area contributed by atoms with E-state index in [-0.39, 0.29) is 24.5 Å². The van der Waals surface area contributed by atoms with E-state index in [9.17, 15) is 15.0 Å². The van der Waals surface area contributed by atoms with Crippen LogP contribution < -0.4 is 5.32 Å². The van der Waals surface area contributed by atoms with Crippen LogP contribution in [-0.2, 0) is 9.53 Å². The number of ether oxygens (including phenoxy) is 1. The molecule has 1 aliphatic carbocycles. The van der Waals surface area contributed by atoms with E-state index < -0.39 is 6.10 Å². The molecule has 1 rings (SSSR count). The fourth-order valence-corrected chi connectivity index (χ4v) is 2.52. The van der Waals surface area contributed by atoms with Crippen LogP contribution in [0.25, 0.3) is 0 Å². The quantitative estimate of drug-likeness (QED) is 0.599. The van der Waals surface area contributed by atoms with Crippen LogP contribution in [0, 0.1) is 5.92 Å². The first-order chi connectivity index (χ1) is 9.01. The van der Waals surface area contributed by atoms with Crippen molar-refractivity contribution in [3.63, 3.8) is 0 Å². The summed E-state index contributed by atoms with van der Waals surface area (Å²) in [4.78, 5) is 11.2. The summed E-state index contributed by atoms with van der Waals surface area (Å²) in [6.45, 7) is 4.68. The van der Waals surface area contributed by atoms with Crippen molar-refractivity contribution in [1.82, 2.24) is 5.32 Å². The summed E-state index contributed by atoms with van der Waals surface area (Å²) >= 11 is 0. The highest BCUT2D eigenvalue weighted by Crippen LogP contribution is 2.31. The molecule has 5 heteroatoms. The first-order valence-electron chi connectivity index (χ1n) is 7.21. The lowest BCUT2D eigenvalue weighted by Crippen LogP contribution is -2.53. The third kappa shape index (κ3) is 5.47. The topological polar surface area (TPSA) is 78.8 Å². The monoisotopic (exact) mass is 273 g/mol. The van der Waals surface area contributed by atoms with Crippen molar-refractivity contribution in [3.05, 3.63) is 0 Å². The maximum atomic E-state index is 11.2. The molecule has 0 aromatic carbocycles. The number of hydrogen-bond donors (Lipinski definition) is 3. The van der Waals surface area contributed by atoms with Crippen molar-refractivity contribution >= 4 is 5.97 Å². The second kappa shape index (κ2) is 7.82. The third-order valence-electron chi connectivity index (χ3n) is 3.95. The Kier molecular flexibility index (Phi) is 6.75. The molecule has 5 nitrogen and oxygen atoms in total. The van der Waals surface area contributed by atoms with Crippen molar-refractivity contribution in [2.45, 2.75) is 57.6 Å². The molecule has 0 bridgehead atoms. The van der Waals surface area contributed by atoms with Gasteiger partial charge in [0.25, 0.3) is 0 Å². The van der Waals surface area contributed by atoms with E-state index in [1.165, 1.54) is 0 Å². The van der Waals surface area contributed by atoms with Gasteiger partial charge in [0.05, 0.1) is 25.7 Å². The molecule has 1 fully saturated rings. The summed E-state index contributed by atoms with van der Waals surface area (Å²) in [5.74, 6) is 0.318. The highest BCUT2D eigenvalue weighted by Gasteiger charge is 2.33. The van der Waals surface area contributed by atoms with Crippen molar-refractivity contribution in [2.75, 3.05) is 19.8 Å². The van der Waals surface area contributed by atoms with Crippen LogP contribution in [-0.4, -0.2) is 47.6 Å². The molecule has 3 N–H and O–H groups in total. The van der Waals surface area contributed by atoms with E-state index in [0.29, 0.717) is 19.1 Å². The number of aliphatic hydroxyl groups is 2. The molecular formula is C14H27NO4. The van der Waals surface area contributed by atoms with E-state index >= 15 is 0 Å². The van der Waals surface area contributed by atoms with Crippen molar-refractivity contribution < 1.29 is 19.7 Å². The number of hydrogen-bond acceptors (Lipinski definition) is 5. The van der Waals surface area contributed by atoms with Crippen LogP contribution in [0.5, 0.6) is 0 Å². The Labute approximate surface area is 115 Å². The van der Waals surface area contributed by atoms with Gasteiger partial charge in [0, 0.05) is 12.1 Å². The summed E-state index contributed by atoms with van der Waals surface area (Å²) in [5, 5.41) is 22.6. The first kappa shape index (κ1) is 16.4. The minimum atomic E-state index is -0.762. The minimum Gasteiger partial charge on any atom is -0.466 e. The molecule has 0 heterocycles. The number of β-amino-alcohol motifs (C(OH)–C–C–N with tert-alkyl or cyclic N) is 1. The van der Waals surface area contributed by atoms with Gasteiger partial charge in [0.15, 0.2) is 0 Å². The lowest BCUT2D eigenvalue weighted by atomic mass is 9.77. The first-order valence-corrected chi connectivity index (χ1v) is 7.21. The van der Waals surface area contributed by atoms with Gasteiger partial charge in [-0.25, -0.2) is 0 Å². The zero-order valence-corrected chi connectivity index (χ0v) is 12.0. The molecule has 0 aliphatic heterocycles. The van der Waals surface area contributed by atoms with Gasteiger partial charge in [-0.05, 0) is 38.5 Å². The Morgan fingerprint density at radius 2 is 2.11 bits per heavy atom. The maximum absolute atomic E-state index is 11.2. The third-order valence-corrected chi connectivity index (χ3v) is 3.95. The molecule has 1 unspecified atom stereocenters. The lowest BCUT2D eigenvalue weighted by molar-refractivity contribution is -0.145. The van der Waals surface area contributed by atoms with Crippen molar-refractivity contribution in [1.29, 1.82) is 0 Å². The number of carbonyl (C=O) groups is 1. The van der Waals surface area contributed by atoms with Crippen LogP contribution in [0.15, 0.2) is 0 Å². The van der Waals surface area contributed by atoms with Gasteiger partial charge in [-0.3, -0.25) is 4.79 Å². The Morgan fingerprint density at radius 3 is 2.63 bits per heavy atom. The largest absolute Gasteiger partial charge is 0.466 e. The van der Waals surface area contributed by atoms with Gasteiger partial charge in [-0.15, -0.1) is 0 Å². The van der Waals surface area contributed by atoms with Crippen LogP contribution in [0.1, 0.15) is 46.0 Å². The Bertz CT molecular complexity index is 275. The molecule has 0 aromatic rings. The smallest absolute Gasteiger partial charge is 0.308 e. The SMILES string of the molecule is CCOC(=O)CC(O)CNC1(CO)CCC(C)CC1. The zero-order chi connectivity index (χ0) is 14.3. The van der Waals surface area contributed by atoms with Crippen LogP contribution in [0.3, 0.4) is 0 Å². The summed E-state index contributed by atoms with van der Waals surface area (Å²) < 4.78 is 4.79. The Hall–Kier alpha value is -0.650. The highest BCUT2D eigenvalue weighted by molar-refractivity contribution is 5.69. The van der Waals surface area contributed by atoms with Gasteiger partial charge >= 0.3 is 5.97 Å². The normalized spacial score (nSPS) is 28.9. The second-order valence-corrected chi connectivity index (χ2v) is 5.66. The summed E-state index contributed by atoms with van der Waals surface area (Å²) in [6.07, 6.45) is 3.23. The van der Waals surface area contributed by atoms with Crippen LogP contribution >= 0.6 is 0 Å². The van der Waals surface area contributed by atoms with Crippen LogP contribution in [0.2, 0.25) is 0 Å². The molecule has 1 saturated carbocycles. The fourth-order valence-electron chi connectivity index (χ4n) is 2.52. The van der Waals surface area contributed by atoms with Gasteiger partial charge in [0.2, 0.25) is 0 Å². The van der Waals surface area contributed by atoms with Gasteiger partial charge < -0.3 is 20.3 Å². The minimum absolute atomic E-state index is 0.00124. The standard InChI is InChI=1S/C14H27NO4/c1-3-19-13(18)8-12(17)9-15-14(10-16)6-4-11(2)5-7-14/h11-12,15-17H,3-10H2,1-2H3. The summed E-state index contributed by atoms with van der Waals surface area (Å²) in [5.41, 5.74) is -0.290. The lowest BCUT2D eigenvalue weighted by Gasteiger charge is -2.39. The molecule has 1 atom stereocenters.